The molecular weight excluding hydrogens is 350 g/mol. The molecule has 0 saturated carbocycles. The third kappa shape index (κ3) is 4.10. The van der Waals surface area contributed by atoms with Gasteiger partial charge in [-0.15, -0.1) is 0 Å². The Morgan fingerprint density at radius 1 is 1.16 bits per heavy atom. The number of esters is 2. The minimum atomic E-state index is -3.78. The lowest BCUT2D eigenvalue weighted by atomic mass is 10.2. The average molecular weight is 371 g/mol. The van der Waals surface area contributed by atoms with E-state index in [0.717, 1.165) is 12.8 Å². The summed E-state index contributed by atoms with van der Waals surface area (Å²) in [5, 5.41) is 0. The Bertz CT molecular complexity index is 754. The maximum atomic E-state index is 12.8. The van der Waals surface area contributed by atoms with Crippen molar-refractivity contribution in [2.75, 3.05) is 27.3 Å². The number of nitrogens with zero attached hydrogens (tertiary/aromatic N) is 1. The molecule has 138 valence electrons. The van der Waals surface area contributed by atoms with Gasteiger partial charge in [0, 0.05) is 13.1 Å². The molecule has 0 bridgehead atoms. The zero-order chi connectivity index (χ0) is 18.6. The summed E-state index contributed by atoms with van der Waals surface area (Å²) in [5.41, 5.74) is 0.00863. The monoisotopic (exact) mass is 371 g/mol. The summed E-state index contributed by atoms with van der Waals surface area (Å²) in [7, 11) is -1.24. The van der Waals surface area contributed by atoms with Crippen LogP contribution in [-0.2, 0) is 24.3 Å². The highest BCUT2D eigenvalue weighted by Gasteiger charge is 2.31. The highest BCUT2D eigenvalue weighted by atomic mass is 32.2. The van der Waals surface area contributed by atoms with Crippen molar-refractivity contribution in [3.05, 3.63) is 23.8 Å². The summed E-state index contributed by atoms with van der Waals surface area (Å²) < 4.78 is 41.5. The molecule has 0 aliphatic carbocycles. The van der Waals surface area contributed by atoms with Crippen molar-refractivity contribution in [1.82, 2.24) is 4.31 Å². The Labute approximate surface area is 146 Å². The van der Waals surface area contributed by atoms with Crippen LogP contribution in [0.1, 0.15) is 30.1 Å². The first kappa shape index (κ1) is 19.2. The van der Waals surface area contributed by atoms with Crippen LogP contribution in [-0.4, -0.2) is 58.1 Å². The molecule has 1 atom stereocenters. The minimum absolute atomic E-state index is 0.00863. The second-order valence-corrected chi connectivity index (χ2v) is 7.45. The summed E-state index contributed by atoms with van der Waals surface area (Å²) in [5.74, 6) is -1.38. The van der Waals surface area contributed by atoms with E-state index in [2.05, 4.69) is 4.74 Å². The van der Waals surface area contributed by atoms with Gasteiger partial charge in [-0.25, -0.2) is 18.0 Å². The van der Waals surface area contributed by atoms with Crippen LogP contribution in [0, 0.1) is 0 Å². The molecular formula is C16H21NO7S. The van der Waals surface area contributed by atoms with Crippen molar-refractivity contribution in [3.8, 4) is 5.75 Å². The Kier molecular flexibility index (Phi) is 6.02. The summed E-state index contributed by atoms with van der Waals surface area (Å²) in [6.07, 6.45) is 0.484. The summed E-state index contributed by atoms with van der Waals surface area (Å²) in [6.45, 7) is 2.23. The number of hydrogen-bond donors (Lipinski definition) is 0. The smallest absolute Gasteiger partial charge is 0.346 e. The molecule has 25 heavy (non-hydrogen) atoms. The molecule has 1 saturated heterocycles. The fourth-order valence-corrected chi connectivity index (χ4v) is 4.21. The lowest BCUT2D eigenvalue weighted by molar-refractivity contribution is -0.149. The Morgan fingerprint density at radius 2 is 1.80 bits per heavy atom. The zero-order valence-electron chi connectivity index (χ0n) is 14.4. The second kappa shape index (κ2) is 7.83. The predicted molar refractivity (Wildman–Crippen MR) is 87.9 cm³/mol. The summed E-state index contributed by atoms with van der Waals surface area (Å²) in [4.78, 5) is 23.5. The van der Waals surface area contributed by atoms with Crippen LogP contribution in [0.2, 0.25) is 0 Å². The number of hydrogen-bond acceptors (Lipinski definition) is 7. The van der Waals surface area contributed by atoms with Crippen LogP contribution in [0.15, 0.2) is 23.1 Å². The molecule has 0 spiro atoms. The quantitative estimate of drug-likeness (QED) is 0.693. The van der Waals surface area contributed by atoms with Crippen molar-refractivity contribution in [3.63, 3.8) is 0 Å². The van der Waals surface area contributed by atoms with E-state index in [-0.39, 0.29) is 16.2 Å². The minimum Gasteiger partial charge on any atom is -0.495 e. The van der Waals surface area contributed by atoms with Crippen LogP contribution in [0.25, 0.3) is 0 Å². The molecule has 8 nitrogen and oxygen atoms in total. The van der Waals surface area contributed by atoms with E-state index in [1.807, 2.05) is 0 Å². The van der Waals surface area contributed by atoms with Gasteiger partial charge in [-0.1, -0.05) is 0 Å². The number of carbonyl (C=O) groups excluding carboxylic acids is 2. The van der Waals surface area contributed by atoms with Crippen molar-refractivity contribution in [2.24, 2.45) is 0 Å². The number of sulfonamides is 1. The van der Waals surface area contributed by atoms with Gasteiger partial charge in [0.1, 0.15) is 10.6 Å². The topological polar surface area (TPSA) is 99.2 Å². The van der Waals surface area contributed by atoms with E-state index >= 15 is 0 Å². The van der Waals surface area contributed by atoms with E-state index in [9.17, 15) is 18.0 Å². The predicted octanol–water partition coefficient (Wildman–Crippen LogP) is 1.20. The third-order valence-electron chi connectivity index (χ3n) is 3.90. The van der Waals surface area contributed by atoms with Gasteiger partial charge in [-0.05, 0) is 38.0 Å². The molecule has 1 aromatic rings. The van der Waals surface area contributed by atoms with Crippen molar-refractivity contribution in [2.45, 2.75) is 30.8 Å². The van der Waals surface area contributed by atoms with Gasteiger partial charge in [-0.2, -0.15) is 4.31 Å². The second-order valence-electron chi connectivity index (χ2n) is 5.55. The van der Waals surface area contributed by atoms with Crippen LogP contribution in [0.4, 0.5) is 0 Å². The van der Waals surface area contributed by atoms with Crippen molar-refractivity contribution in [1.29, 1.82) is 0 Å². The van der Waals surface area contributed by atoms with E-state index in [0.29, 0.717) is 13.1 Å². The van der Waals surface area contributed by atoms with Crippen LogP contribution < -0.4 is 4.74 Å². The average Bonchev–Trinajstić information content (AvgIpc) is 3.15. The van der Waals surface area contributed by atoms with E-state index in [4.69, 9.17) is 9.47 Å². The normalized spacial score (nSPS) is 16.3. The first-order valence-electron chi connectivity index (χ1n) is 7.78. The molecule has 1 aliphatic heterocycles. The zero-order valence-corrected chi connectivity index (χ0v) is 15.2. The number of carbonyl (C=O) groups is 2. The van der Waals surface area contributed by atoms with Crippen molar-refractivity contribution < 1.29 is 32.2 Å². The van der Waals surface area contributed by atoms with Crippen LogP contribution >= 0.6 is 0 Å². The number of methoxy groups -OCH3 is 2. The van der Waals surface area contributed by atoms with Gasteiger partial charge < -0.3 is 14.2 Å². The van der Waals surface area contributed by atoms with Gasteiger partial charge in [0.15, 0.2) is 6.10 Å². The third-order valence-corrected chi connectivity index (χ3v) is 5.82. The highest BCUT2D eigenvalue weighted by Crippen LogP contribution is 2.30. The number of benzene rings is 1. The largest absolute Gasteiger partial charge is 0.495 e. The summed E-state index contributed by atoms with van der Waals surface area (Å²) >= 11 is 0. The number of rotatable bonds is 6. The van der Waals surface area contributed by atoms with Gasteiger partial charge >= 0.3 is 11.9 Å². The molecule has 1 heterocycles. The molecule has 1 aromatic carbocycles. The van der Waals surface area contributed by atoms with Gasteiger partial charge in [0.25, 0.3) is 0 Å². The Balaban J connectivity index is 2.33. The highest BCUT2D eigenvalue weighted by molar-refractivity contribution is 7.89. The molecule has 0 amide bonds. The molecule has 1 aliphatic rings. The lowest BCUT2D eigenvalue weighted by Crippen LogP contribution is -2.29. The van der Waals surface area contributed by atoms with Crippen LogP contribution in [0.3, 0.4) is 0 Å². The Morgan fingerprint density at radius 3 is 2.36 bits per heavy atom. The molecule has 9 heteroatoms. The SMILES string of the molecule is COC(=O)[C@H](C)OC(=O)c1ccc(OC)c(S(=O)(=O)N2CCCC2)c1. The molecule has 0 aromatic heterocycles. The standard InChI is InChI=1S/C16H21NO7S/c1-11(15(18)23-3)24-16(19)12-6-7-13(22-2)14(10-12)25(20,21)17-8-4-5-9-17/h6-7,10-11H,4-5,8-9H2,1-3H3/t11-/m0/s1. The van der Waals surface area contributed by atoms with E-state index < -0.39 is 28.1 Å². The molecule has 0 N–H and O–H groups in total. The first-order chi connectivity index (χ1) is 11.8. The summed E-state index contributed by atoms with van der Waals surface area (Å²) in [6, 6.07) is 3.98. The van der Waals surface area contributed by atoms with Crippen molar-refractivity contribution >= 4 is 22.0 Å². The van der Waals surface area contributed by atoms with Gasteiger partial charge in [0.2, 0.25) is 10.0 Å². The first-order valence-corrected chi connectivity index (χ1v) is 9.22. The maximum absolute atomic E-state index is 12.8. The molecule has 0 unspecified atom stereocenters. The van der Waals surface area contributed by atoms with E-state index in [1.165, 1.54) is 43.6 Å². The fourth-order valence-electron chi connectivity index (χ4n) is 2.52. The Hall–Kier alpha value is -2.13. The fraction of sp³-hybridized carbons (Fsp3) is 0.500. The molecule has 0 radical (unpaired) electrons. The molecule has 2 rings (SSSR count). The van der Waals surface area contributed by atoms with Crippen LogP contribution in [0.5, 0.6) is 5.75 Å². The molecule has 1 fully saturated rings. The maximum Gasteiger partial charge on any atom is 0.346 e. The number of ether oxygens (including phenoxy) is 3. The van der Waals surface area contributed by atoms with E-state index in [1.54, 1.807) is 0 Å². The van der Waals surface area contributed by atoms with Gasteiger partial charge in [-0.3, -0.25) is 0 Å². The lowest BCUT2D eigenvalue weighted by Gasteiger charge is -2.18. The van der Waals surface area contributed by atoms with Gasteiger partial charge in [0.05, 0.1) is 19.8 Å².